The summed E-state index contributed by atoms with van der Waals surface area (Å²) in [6.07, 6.45) is -2.30. The second-order valence-corrected chi connectivity index (χ2v) is 7.42. The van der Waals surface area contributed by atoms with Crippen molar-refractivity contribution in [1.29, 1.82) is 0 Å². The molecule has 32 heavy (non-hydrogen) atoms. The van der Waals surface area contributed by atoms with E-state index in [-0.39, 0.29) is 24.0 Å². The topological polar surface area (TPSA) is 71.4 Å². The van der Waals surface area contributed by atoms with Crippen LogP contribution in [-0.2, 0) is 25.7 Å². The van der Waals surface area contributed by atoms with E-state index >= 15 is 0 Å². The number of hydrogen-bond acceptors (Lipinski definition) is 5. The number of rotatable bonds is 8. The molecule has 0 aliphatic rings. The number of pyridine rings is 1. The lowest BCUT2D eigenvalue weighted by Gasteiger charge is -2.12. The molecule has 0 atom stereocenters. The molecule has 3 aromatic rings. The molecule has 172 valence electrons. The van der Waals surface area contributed by atoms with E-state index in [9.17, 15) is 13.2 Å². The van der Waals surface area contributed by atoms with Gasteiger partial charge in [-0.3, -0.25) is 9.98 Å². The first kappa shape index (κ1) is 25.8. The molecule has 0 unspecified atom stereocenters. The molecule has 0 saturated heterocycles. The summed E-state index contributed by atoms with van der Waals surface area (Å²) in [5, 5.41) is 7.71. The molecular formula is C21H23F3IN5OS. The van der Waals surface area contributed by atoms with Gasteiger partial charge in [0.25, 0.3) is 0 Å². The van der Waals surface area contributed by atoms with E-state index in [1.54, 1.807) is 13.2 Å². The van der Waals surface area contributed by atoms with Gasteiger partial charge in [-0.15, -0.1) is 35.3 Å². The zero-order valence-corrected chi connectivity index (χ0v) is 20.4. The Bertz CT molecular complexity index is 981. The summed E-state index contributed by atoms with van der Waals surface area (Å²) in [5.41, 5.74) is 1.04. The summed E-state index contributed by atoms with van der Waals surface area (Å²) >= 11 is 1.00. The number of nitrogens with one attached hydrogen (secondary N) is 2. The molecule has 11 heteroatoms. The second-order valence-electron chi connectivity index (χ2n) is 6.48. The molecule has 0 fully saturated rings. The summed E-state index contributed by atoms with van der Waals surface area (Å²) in [6, 6.07) is 13.3. The van der Waals surface area contributed by atoms with E-state index in [1.807, 2.05) is 42.5 Å². The van der Waals surface area contributed by atoms with Crippen LogP contribution in [0.3, 0.4) is 0 Å². The number of aromatic nitrogens is 2. The highest BCUT2D eigenvalue weighted by Gasteiger charge is 2.33. The summed E-state index contributed by atoms with van der Waals surface area (Å²) in [7, 11) is 1.63. The van der Waals surface area contributed by atoms with E-state index in [4.69, 9.17) is 4.74 Å². The number of benzene rings is 1. The van der Waals surface area contributed by atoms with Crippen molar-refractivity contribution >= 4 is 41.3 Å². The fraction of sp³-hybridized carbons (Fsp3) is 0.286. The van der Waals surface area contributed by atoms with Crippen LogP contribution >= 0.6 is 35.3 Å². The summed E-state index contributed by atoms with van der Waals surface area (Å²) in [6.45, 7) is 1.36. The highest BCUT2D eigenvalue weighted by molar-refractivity contribution is 14.0. The quantitative estimate of drug-likeness (QED) is 0.232. The minimum Gasteiger partial charge on any atom is -0.487 e. The average Bonchev–Trinajstić information content (AvgIpc) is 3.26. The zero-order valence-electron chi connectivity index (χ0n) is 17.2. The van der Waals surface area contributed by atoms with E-state index in [1.165, 1.54) is 0 Å². The van der Waals surface area contributed by atoms with Crippen LogP contribution in [0.25, 0.3) is 0 Å². The van der Waals surface area contributed by atoms with Crippen molar-refractivity contribution in [3.05, 3.63) is 76.0 Å². The molecule has 0 aliphatic heterocycles. The first-order valence-electron chi connectivity index (χ1n) is 9.52. The lowest BCUT2D eigenvalue weighted by Crippen LogP contribution is -2.37. The lowest BCUT2D eigenvalue weighted by atomic mass is 10.2. The Hall–Kier alpha value is -2.41. The van der Waals surface area contributed by atoms with Crippen molar-refractivity contribution in [2.75, 3.05) is 13.6 Å². The SMILES string of the molecule is CN=C(NCCc1nc(C(F)(F)F)cs1)NCc1ccc(OCc2ccccn2)cc1.I. The third-order valence-electron chi connectivity index (χ3n) is 4.19. The maximum atomic E-state index is 12.6. The van der Waals surface area contributed by atoms with Crippen molar-refractivity contribution in [3.8, 4) is 5.75 Å². The highest BCUT2D eigenvalue weighted by Crippen LogP contribution is 2.30. The number of aliphatic imine (C=N–C) groups is 1. The largest absolute Gasteiger partial charge is 0.487 e. The lowest BCUT2D eigenvalue weighted by molar-refractivity contribution is -0.140. The van der Waals surface area contributed by atoms with Gasteiger partial charge < -0.3 is 15.4 Å². The standard InChI is InChI=1S/C21H22F3N5OS.HI/c1-25-20(27-11-9-19-29-18(14-31-19)21(22,23)24)28-12-15-5-7-17(8-6-15)30-13-16-4-2-3-10-26-16;/h2-8,10,14H,9,11-13H2,1H3,(H2,25,27,28);1H. The molecule has 1 aromatic carbocycles. The number of ether oxygens (including phenoxy) is 1. The number of alkyl halides is 3. The maximum Gasteiger partial charge on any atom is 0.434 e. The van der Waals surface area contributed by atoms with Crippen LogP contribution in [-0.4, -0.2) is 29.5 Å². The van der Waals surface area contributed by atoms with Crippen LogP contribution in [0.5, 0.6) is 5.75 Å². The zero-order chi connectivity index (χ0) is 22.1. The molecule has 0 amide bonds. The van der Waals surface area contributed by atoms with Crippen molar-refractivity contribution in [2.45, 2.75) is 25.7 Å². The third kappa shape index (κ3) is 8.26. The Morgan fingerprint density at radius 1 is 1.12 bits per heavy atom. The number of thiazole rings is 1. The van der Waals surface area contributed by atoms with Gasteiger partial charge in [-0.25, -0.2) is 4.98 Å². The fourth-order valence-electron chi connectivity index (χ4n) is 2.59. The van der Waals surface area contributed by atoms with Gasteiger partial charge in [0.1, 0.15) is 12.4 Å². The van der Waals surface area contributed by atoms with Crippen LogP contribution in [0.4, 0.5) is 13.2 Å². The monoisotopic (exact) mass is 577 g/mol. The Balaban J connectivity index is 0.00000363. The molecule has 6 nitrogen and oxygen atoms in total. The van der Waals surface area contributed by atoms with E-state index in [0.717, 1.165) is 33.7 Å². The fourth-order valence-corrected chi connectivity index (χ4v) is 3.40. The van der Waals surface area contributed by atoms with Crippen molar-refractivity contribution in [1.82, 2.24) is 20.6 Å². The van der Waals surface area contributed by atoms with E-state index in [0.29, 0.717) is 37.1 Å². The molecule has 2 aromatic heterocycles. The molecule has 3 rings (SSSR count). The first-order chi connectivity index (χ1) is 14.9. The molecular weight excluding hydrogens is 554 g/mol. The van der Waals surface area contributed by atoms with E-state index < -0.39 is 11.9 Å². The summed E-state index contributed by atoms with van der Waals surface area (Å²) < 4.78 is 43.5. The minimum atomic E-state index is -4.40. The van der Waals surface area contributed by atoms with Gasteiger partial charge in [0.2, 0.25) is 0 Å². The van der Waals surface area contributed by atoms with Gasteiger partial charge in [0.15, 0.2) is 11.7 Å². The minimum absolute atomic E-state index is 0. The van der Waals surface area contributed by atoms with Crippen LogP contribution in [0.15, 0.2) is 59.0 Å². The van der Waals surface area contributed by atoms with Crippen LogP contribution in [0.2, 0.25) is 0 Å². The Kier molecular flexibility index (Phi) is 10.2. The second kappa shape index (κ2) is 12.6. The van der Waals surface area contributed by atoms with E-state index in [2.05, 4.69) is 25.6 Å². The van der Waals surface area contributed by atoms with Gasteiger partial charge in [-0.05, 0) is 29.8 Å². The van der Waals surface area contributed by atoms with Crippen molar-refractivity contribution in [3.63, 3.8) is 0 Å². The third-order valence-corrected chi connectivity index (χ3v) is 5.10. The predicted octanol–water partition coefficient (Wildman–Crippen LogP) is 4.66. The summed E-state index contributed by atoms with van der Waals surface area (Å²) in [4.78, 5) is 12.0. The van der Waals surface area contributed by atoms with Crippen LogP contribution in [0.1, 0.15) is 22.0 Å². The van der Waals surface area contributed by atoms with Gasteiger partial charge in [0, 0.05) is 38.1 Å². The maximum absolute atomic E-state index is 12.6. The Labute approximate surface area is 205 Å². The molecule has 0 bridgehead atoms. The van der Waals surface area contributed by atoms with Gasteiger partial charge in [0.05, 0.1) is 10.7 Å². The normalized spacial score (nSPS) is 11.6. The van der Waals surface area contributed by atoms with Crippen LogP contribution in [0, 0.1) is 0 Å². The molecule has 0 saturated carbocycles. The molecule has 0 radical (unpaired) electrons. The number of halogens is 4. The van der Waals surface area contributed by atoms with Crippen molar-refractivity contribution in [2.24, 2.45) is 4.99 Å². The molecule has 0 aliphatic carbocycles. The van der Waals surface area contributed by atoms with Crippen LogP contribution < -0.4 is 15.4 Å². The highest BCUT2D eigenvalue weighted by atomic mass is 127. The Morgan fingerprint density at radius 2 is 1.91 bits per heavy atom. The smallest absolute Gasteiger partial charge is 0.434 e. The number of hydrogen-bond donors (Lipinski definition) is 2. The molecule has 0 spiro atoms. The predicted molar refractivity (Wildman–Crippen MR) is 129 cm³/mol. The first-order valence-corrected chi connectivity index (χ1v) is 10.4. The van der Waals surface area contributed by atoms with Crippen molar-refractivity contribution < 1.29 is 17.9 Å². The average molecular weight is 577 g/mol. The van der Waals surface area contributed by atoms with Gasteiger partial charge >= 0.3 is 6.18 Å². The van der Waals surface area contributed by atoms with Gasteiger partial charge in [-0.2, -0.15) is 13.2 Å². The molecule has 2 heterocycles. The summed E-state index contributed by atoms with van der Waals surface area (Å²) in [5.74, 6) is 1.31. The Morgan fingerprint density at radius 3 is 2.53 bits per heavy atom. The molecule has 2 N–H and O–H groups in total. The number of nitrogens with zero attached hydrogens (tertiary/aromatic N) is 3. The van der Waals surface area contributed by atoms with Gasteiger partial charge in [-0.1, -0.05) is 18.2 Å². The number of guanidine groups is 1.